The van der Waals surface area contributed by atoms with Gasteiger partial charge in [0.25, 0.3) is 0 Å². The molecule has 0 unspecified atom stereocenters. The molecule has 0 atom stereocenters. The van der Waals surface area contributed by atoms with Gasteiger partial charge in [0.05, 0.1) is 5.71 Å². The van der Waals surface area contributed by atoms with Crippen molar-refractivity contribution in [2.75, 3.05) is 26.0 Å². The molecule has 3 N–H and O–H groups in total. The predicted molar refractivity (Wildman–Crippen MR) is 114 cm³/mol. The standard InChI is InChI=1S/C22H27N5/c1-15-9-8-12-18(16(15)2)26-22(24-3)20-21(23)27(4)14-13-19(25-20)17-10-6-5-7-11-17/h5-12,23-24,26H,13-14H2,1-4H3. The quantitative estimate of drug-likeness (QED) is 0.774. The molecule has 0 spiro atoms. The van der Waals surface area contributed by atoms with Crippen molar-refractivity contribution in [1.29, 1.82) is 5.41 Å². The molecule has 0 aliphatic carbocycles. The third-order valence-corrected chi connectivity index (χ3v) is 4.99. The molecule has 0 fully saturated rings. The average molecular weight is 361 g/mol. The van der Waals surface area contributed by atoms with Crippen LogP contribution in [0, 0.1) is 19.3 Å². The predicted octanol–water partition coefficient (Wildman–Crippen LogP) is 3.91. The van der Waals surface area contributed by atoms with Crippen LogP contribution < -0.4 is 10.6 Å². The minimum absolute atomic E-state index is 0.406. The lowest BCUT2D eigenvalue weighted by atomic mass is 10.1. The average Bonchev–Trinajstić information content (AvgIpc) is 2.83. The van der Waals surface area contributed by atoms with E-state index in [0.29, 0.717) is 11.5 Å². The fourth-order valence-corrected chi connectivity index (χ4v) is 3.09. The smallest absolute Gasteiger partial charge is 0.150 e. The second-order valence-electron chi connectivity index (χ2n) is 6.79. The molecule has 0 bridgehead atoms. The summed E-state index contributed by atoms with van der Waals surface area (Å²) in [5.41, 5.74) is 6.14. The van der Waals surface area contributed by atoms with E-state index < -0.39 is 0 Å². The van der Waals surface area contributed by atoms with Gasteiger partial charge in [-0.25, -0.2) is 4.99 Å². The highest BCUT2D eigenvalue weighted by molar-refractivity contribution is 6.07. The van der Waals surface area contributed by atoms with E-state index in [-0.39, 0.29) is 0 Å². The summed E-state index contributed by atoms with van der Waals surface area (Å²) in [6.07, 6.45) is 0.798. The van der Waals surface area contributed by atoms with Gasteiger partial charge in [0.1, 0.15) is 11.5 Å². The fraction of sp³-hybridized carbons (Fsp3) is 0.273. The molecule has 1 aliphatic heterocycles. The summed E-state index contributed by atoms with van der Waals surface area (Å²) in [7, 11) is 3.80. The van der Waals surface area contributed by atoms with E-state index in [9.17, 15) is 0 Å². The molecule has 0 saturated heterocycles. The molecule has 2 aromatic carbocycles. The summed E-state index contributed by atoms with van der Waals surface area (Å²) in [5.74, 6) is 1.14. The second-order valence-corrected chi connectivity index (χ2v) is 6.79. The zero-order valence-electron chi connectivity index (χ0n) is 16.4. The van der Waals surface area contributed by atoms with Gasteiger partial charge in [0.2, 0.25) is 0 Å². The lowest BCUT2D eigenvalue weighted by molar-refractivity contribution is 0.519. The van der Waals surface area contributed by atoms with E-state index in [0.717, 1.165) is 35.7 Å². The van der Waals surface area contributed by atoms with E-state index >= 15 is 0 Å². The zero-order chi connectivity index (χ0) is 19.4. The van der Waals surface area contributed by atoms with Crippen molar-refractivity contribution in [2.45, 2.75) is 20.3 Å². The largest absolute Gasteiger partial charge is 0.373 e. The summed E-state index contributed by atoms with van der Waals surface area (Å²) in [6.45, 7) is 4.95. The molecule has 2 aromatic rings. The molecule has 0 amide bonds. The van der Waals surface area contributed by atoms with Gasteiger partial charge in [-0.2, -0.15) is 0 Å². The number of nitrogens with zero attached hydrogens (tertiary/aromatic N) is 2. The first-order valence-corrected chi connectivity index (χ1v) is 9.19. The van der Waals surface area contributed by atoms with Gasteiger partial charge in [0.15, 0.2) is 5.84 Å². The number of amidine groups is 1. The molecule has 0 aromatic heterocycles. The molecule has 1 aliphatic rings. The summed E-state index contributed by atoms with van der Waals surface area (Å²) < 4.78 is 0. The Hall–Kier alpha value is -3.08. The van der Waals surface area contributed by atoms with Crippen LogP contribution in [0.5, 0.6) is 0 Å². The maximum Gasteiger partial charge on any atom is 0.150 e. The van der Waals surface area contributed by atoms with Gasteiger partial charge in [-0.1, -0.05) is 42.5 Å². The topological polar surface area (TPSA) is 63.5 Å². The highest BCUT2D eigenvalue weighted by atomic mass is 15.2. The Balaban J connectivity index is 2.08. The van der Waals surface area contributed by atoms with Crippen LogP contribution in [0.4, 0.5) is 5.69 Å². The van der Waals surface area contributed by atoms with E-state index in [2.05, 4.69) is 42.7 Å². The third-order valence-electron chi connectivity index (χ3n) is 4.99. The van der Waals surface area contributed by atoms with Gasteiger partial charge in [-0.05, 0) is 36.6 Å². The van der Waals surface area contributed by atoms with Crippen LogP contribution in [0.15, 0.2) is 65.0 Å². The van der Waals surface area contributed by atoms with E-state index in [1.54, 1.807) is 0 Å². The summed E-state index contributed by atoms with van der Waals surface area (Å²) in [5, 5.41) is 15.3. The molecule has 0 saturated carbocycles. The Morgan fingerprint density at radius 2 is 1.81 bits per heavy atom. The molecule has 3 rings (SSSR count). The first-order valence-electron chi connectivity index (χ1n) is 9.19. The van der Waals surface area contributed by atoms with Gasteiger partial charge >= 0.3 is 0 Å². The summed E-state index contributed by atoms with van der Waals surface area (Å²) in [6, 6.07) is 16.4. The van der Waals surface area contributed by atoms with Gasteiger partial charge in [-0.3, -0.25) is 5.41 Å². The van der Waals surface area contributed by atoms with Crippen LogP contribution in [-0.4, -0.2) is 37.1 Å². The number of hydrogen-bond acceptors (Lipinski definition) is 4. The molecular weight excluding hydrogens is 334 g/mol. The Morgan fingerprint density at radius 1 is 1.07 bits per heavy atom. The van der Waals surface area contributed by atoms with Crippen LogP contribution in [0.25, 0.3) is 0 Å². The number of anilines is 1. The Bertz CT molecular complexity index is 896. The number of rotatable bonds is 4. The molecule has 1 heterocycles. The first kappa shape index (κ1) is 18.7. The van der Waals surface area contributed by atoms with Crippen molar-refractivity contribution in [3.05, 3.63) is 76.7 Å². The normalized spacial score (nSPS) is 16.5. The monoisotopic (exact) mass is 361 g/mol. The molecule has 5 heteroatoms. The van der Waals surface area contributed by atoms with Crippen molar-refractivity contribution in [3.8, 4) is 0 Å². The van der Waals surface area contributed by atoms with Crippen molar-refractivity contribution in [2.24, 2.45) is 4.99 Å². The maximum absolute atomic E-state index is 8.62. The minimum atomic E-state index is 0.406. The van der Waals surface area contributed by atoms with Gasteiger partial charge in [-0.15, -0.1) is 0 Å². The molecule has 140 valence electrons. The Morgan fingerprint density at radius 3 is 2.52 bits per heavy atom. The summed E-state index contributed by atoms with van der Waals surface area (Å²) in [4.78, 5) is 6.84. The first-order chi connectivity index (χ1) is 13.0. The Labute approximate surface area is 161 Å². The third kappa shape index (κ3) is 4.03. The van der Waals surface area contributed by atoms with Crippen LogP contribution in [-0.2, 0) is 0 Å². The SMILES string of the molecule is CNC(Nc1cccc(C)c1C)=C1N=C(c2ccccc2)CCN(C)C1=N. The highest BCUT2D eigenvalue weighted by Gasteiger charge is 2.21. The van der Waals surface area contributed by atoms with Crippen molar-refractivity contribution in [3.63, 3.8) is 0 Å². The van der Waals surface area contributed by atoms with E-state index in [1.165, 1.54) is 11.1 Å². The number of aryl methyl sites for hydroxylation is 1. The van der Waals surface area contributed by atoms with Crippen LogP contribution in [0.3, 0.4) is 0 Å². The van der Waals surface area contributed by atoms with Gasteiger partial charge < -0.3 is 15.5 Å². The van der Waals surface area contributed by atoms with Crippen LogP contribution in [0.2, 0.25) is 0 Å². The van der Waals surface area contributed by atoms with Crippen LogP contribution >= 0.6 is 0 Å². The van der Waals surface area contributed by atoms with Crippen molar-refractivity contribution in [1.82, 2.24) is 10.2 Å². The summed E-state index contributed by atoms with van der Waals surface area (Å²) >= 11 is 0. The zero-order valence-corrected chi connectivity index (χ0v) is 16.4. The minimum Gasteiger partial charge on any atom is -0.373 e. The molecule has 5 nitrogen and oxygen atoms in total. The lowest BCUT2D eigenvalue weighted by Crippen LogP contribution is -2.30. The molecular formula is C22H27N5. The molecule has 0 radical (unpaired) electrons. The van der Waals surface area contributed by atoms with Gasteiger partial charge in [0, 0.05) is 32.7 Å². The number of benzene rings is 2. The van der Waals surface area contributed by atoms with Crippen molar-refractivity contribution >= 4 is 17.2 Å². The number of nitrogens with one attached hydrogen (secondary N) is 3. The number of likely N-dealkylation sites (N-methyl/N-ethyl adjacent to an activating group) is 1. The number of aliphatic imine (C=N–C) groups is 1. The Kier molecular flexibility index (Phi) is 5.60. The molecule has 27 heavy (non-hydrogen) atoms. The van der Waals surface area contributed by atoms with E-state index in [1.807, 2.05) is 49.3 Å². The number of hydrogen-bond donors (Lipinski definition) is 3. The second kappa shape index (κ2) is 8.08. The fourth-order valence-electron chi connectivity index (χ4n) is 3.09. The van der Waals surface area contributed by atoms with E-state index in [4.69, 9.17) is 10.4 Å². The lowest BCUT2D eigenvalue weighted by Gasteiger charge is -2.20. The maximum atomic E-state index is 8.62. The van der Waals surface area contributed by atoms with Crippen molar-refractivity contribution < 1.29 is 0 Å². The van der Waals surface area contributed by atoms with Crippen LogP contribution in [0.1, 0.15) is 23.1 Å². The highest BCUT2D eigenvalue weighted by Crippen LogP contribution is 2.22.